The standard InChI is InChI=1S/C13H10Cl2N3O2/c1-2-18(5-6-19)13(20)8-3-4-9-10(7-8)17-12(15)11(14)16-9/h3-4,7H,2,5H2,1H3. The Bertz CT molecular complexity index is 676. The quantitative estimate of drug-likeness (QED) is 0.870. The largest absolute Gasteiger partial charge is 0.331 e. The Hall–Kier alpha value is -1.72. The minimum atomic E-state index is -0.273. The van der Waals surface area contributed by atoms with Crippen molar-refractivity contribution in [2.75, 3.05) is 13.1 Å². The molecule has 0 aliphatic carbocycles. The van der Waals surface area contributed by atoms with E-state index in [1.54, 1.807) is 31.4 Å². The molecule has 103 valence electrons. The SMILES string of the molecule is CCN(C[C]=O)C(=O)c1ccc2nc(Cl)c(Cl)nc2c1. The number of amides is 1. The molecule has 1 aromatic heterocycles. The second kappa shape index (κ2) is 6.15. The molecule has 0 bridgehead atoms. The molecule has 0 saturated carbocycles. The van der Waals surface area contributed by atoms with Crippen molar-refractivity contribution in [1.82, 2.24) is 14.9 Å². The molecular weight excluding hydrogens is 301 g/mol. The first-order chi connectivity index (χ1) is 9.56. The van der Waals surface area contributed by atoms with Gasteiger partial charge in [0.15, 0.2) is 10.3 Å². The fourth-order valence-electron chi connectivity index (χ4n) is 1.73. The van der Waals surface area contributed by atoms with E-state index in [2.05, 4.69) is 9.97 Å². The zero-order chi connectivity index (χ0) is 14.7. The number of halogens is 2. The van der Waals surface area contributed by atoms with Crippen LogP contribution in [0.3, 0.4) is 0 Å². The second-order valence-corrected chi connectivity index (χ2v) is 4.69. The zero-order valence-electron chi connectivity index (χ0n) is 10.6. The molecule has 1 aromatic carbocycles. The van der Waals surface area contributed by atoms with Crippen molar-refractivity contribution in [1.29, 1.82) is 0 Å². The molecule has 5 nitrogen and oxygen atoms in total. The maximum Gasteiger partial charge on any atom is 0.254 e. The van der Waals surface area contributed by atoms with Crippen LogP contribution in [0.2, 0.25) is 10.3 Å². The number of likely N-dealkylation sites (N-methyl/N-ethyl adjacent to an activating group) is 1. The summed E-state index contributed by atoms with van der Waals surface area (Å²) in [6.45, 7) is 2.13. The van der Waals surface area contributed by atoms with Gasteiger partial charge in [-0.05, 0) is 25.1 Å². The van der Waals surface area contributed by atoms with Crippen LogP contribution in [0.1, 0.15) is 17.3 Å². The van der Waals surface area contributed by atoms with E-state index in [4.69, 9.17) is 23.2 Å². The van der Waals surface area contributed by atoms with Gasteiger partial charge in [0.25, 0.3) is 5.91 Å². The van der Waals surface area contributed by atoms with E-state index in [1.807, 2.05) is 0 Å². The normalized spacial score (nSPS) is 10.6. The Morgan fingerprint density at radius 2 is 1.90 bits per heavy atom. The molecule has 0 aliphatic rings. The lowest BCUT2D eigenvalue weighted by Crippen LogP contribution is -2.32. The summed E-state index contributed by atoms with van der Waals surface area (Å²) in [7, 11) is 0. The Morgan fingerprint density at radius 3 is 2.50 bits per heavy atom. The first-order valence-corrected chi connectivity index (χ1v) is 6.59. The van der Waals surface area contributed by atoms with Gasteiger partial charge in [0.1, 0.15) is 0 Å². The van der Waals surface area contributed by atoms with Crippen molar-refractivity contribution < 1.29 is 9.59 Å². The van der Waals surface area contributed by atoms with Crippen molar-refractivity contribution in [3.8, 4) is 0 Å². The topological polar surface area (TPSA) is 63.2 Å². The van der Waals surface area contributed by atoms with Gasteiger partial charge >= 0.3 is 0 Å². The maximum absolute atomic E-state index is 12.2. The van der Waals surface area contributed by atoms with Gasteiger partial charge in [0.2, 0.25) is 6.29 Å². The molecule has 2 rings (SSSR count). The second-order valence-electron chi connectivity index (χ2n) is 3.97. The van der Waals surface area contributed by atoms with Crippen LogP contribution in [0.5, 0.6) is 0 Å². The number of hydrogen-bond acceptors (Lipinski definition) is 4. The third-order valence-corrected chi connectivity index (χ3v) is 3.38. The molecule has 2 aromatic rings. The molecule has 1 amide bonds. The molecule has 0 unspecified atom stereocenters. The highest BCUT2D eigenvalue weighted by molar-refractivity contribution is 6.40. The summed E-state index contributed by atoms with van der Waals surface area (Å²) in [5.74, 6) is -0.273. The molecular formula is C13H10Cl2N3O2. The van der Waals surface area contributed by atoms with E-state index in [0.29, 0.717) is 23.1 Å². The van der Waals surface area contributed by atoms with Crippen LogP contribution in [0.25, 0.3) is 11.0 Å². The predicted molar refractivity (Wildman–Crippen MR) is 76.8 cm³/mol. The Labute approximate surface area is 125 Å². The van der Waals surface area contributed by atoms with E-state index < -0.39 is 0 Å². The molecule has 0 saturated heterocycles. The lowest BCUT2D eigenvalue weighted by atomic mass is 10.1. The van der Waals surface area contributed by atoms with E-state index in [-0.39, 0.29) is 22.8 Å². The molecule has 0 spiro atoms. The Morgan fingerprint density at radius 1 is 1.25 bits per heavy atom. The van der Waals surface area contributed by atoms with Crippen LogP contribution in [0.4, 0.5) is 0 Å². The summed E-state index contributed by atoms with van der Waals surface area (Å²) >= 11 is 11.6. The third-order valence-electron chi connectivity index (χ3n) is 2.75. The molecule has 0 fully saturated rings. The fraction of sp³-hybridized carbons (Fsp3) is 0.231. The van der Waals surface area contributed by atoms with Gasteiger partial charge < -0.3 is 4.90 Å². The van der Waals surface area contributed by atoms with E-state index >= 15 is 0 Å². The highest BCUT2D eigenvalue weighted by Gasteiger charge is 2.15. The van der Waals surface area contributed by atoms with E-state index in [9.17, 15) is 9.59 Å². The third kappa shape index (κ3) is 2.89. The van der Waals surface area contributed by atoms with Crippen LogP contribution in [0.15, 0.2) is 18.2 Å². The van der Waals surface area contributed by atoms with Crippen LogP contribution in [-0.2, 0) is 4.79 Å². The molecule has 7 heteroatoms. The van der Waals surface area contributed by atoms with Gasteiger partial charge in [-0.1, -0.05) is 23.2 Å². The molecule has 0 N–H and O–H groups in total. The minimum Gasteiger partial charge on any atom is -0.331 e. The Kier molecular flexibility index (Phi) is 4.52. The summed E-state index contributed by atoms with van der Waals surface area (Å²) in [6, 6.07) is 4.81. The monoisotopic (exact) mass is 310 g/mol. The number of fused-ring (bicyclic) bond motifs is 1. The first kappa shape index (κ1) is 14.7. The fourth-order valence-corrected chi connectivity index (χ4v) is 2.00. The number of carbonyl (C=O) groups excluding carboxylic acids is 2. The highest BCUT2D eigenvalue weighted by Crippen LogP contribution is 2.22. The molecule has 0 atom stereocenters. The first-order valence-electron chi connectivity index (χ1n) is 5.84. The van der Waals surface area contributed by atoms with Crippen molar-refractivity contribution in [2.24, 2.45) is 0 Å². The van der Waals surface area contributed by atoms with Crippen molar-refractivity contribution in [2.45, 2.75) is 6.92 Å². The van der Waals surface area contributed by atoms with Gasteiger partial charge in [-0.3, -0.25) is 9.59 Å². The number of rotatable bonds is 4. The average molecular weight is 311 g/mol. The van der Waals surface area contributed by atoms with Crippen molar-refractivity contribution in [3.05, 3.63) is 34.1 Å². The number of hydrogen-bond donors (Lipinski definition) is 0. The maximum atomic E-state index is 12.2. The lowest BCUT2D eigenvalue weighted by Gasteiger charge is -2.17. The number of benzene rings is 1. The smallest absolute Gasteiger partial charge is 0.254 e. The molecule has 0 aliphatic heterocycles. The molecule has 1 heterocycles. The number of aromatic nitrogens is 2. The number of carbonyl (C=O) groups is 1. The summed E-state index contributed by atoms with van der Waals surface area (Å²) in [5, 5.41) is 0.196. The highest BCUT2D eigenvalue weighted by atomic mass is 35.5. The summed E-state index contributed by atoms with van der Waals surface area (Å²) in [5.41, 5.74) is 1.42. The summed E-state index contributed by atoms with van der Waals surface area (Å²) < 4.78 is 0. The molecule has 20 heavy (non-hydrogen) atoms. The summed E-state index contributed by atoms with van der Waals surface area (Å²) in [4.78, 5) is 32.1. The van der Waals surface area contributed by atoms with Gasteiger partial charge in [0, 0.05) is 12.1 Å². The van der Waals surface area contributed by atoms with Crippen LogP contribution >= 0.6 is 23.2 Å². The van der Waals surface area contributed by atoms with E-state index in [0.717, 1.165) is 0 Å². The van der Waals surface area contributed by atoms with Crippen LogP contribution in [-0.4, -0.2) is 40.2 Å². The van der Waals surface area contributed by atoms with Gasteiger partial charge in [-0.2, -0.15) is 0 Å². The van der Waals surface area contributed by atoms with Crippen LogP contribution < -0.4 is 0 Å². The predicted octanol–water partition coefficient (Wildman–Crippen LogP) is 2.51. The summed E-state index contributed by atoms with van der Waals surface area (Å²) in [6.07, 6.45) is 1.71. The van der Waals surface area contributed by atoms with Crippen molar-refractivity contribution in [3.63, 3.8) is 0 Å². The van der Waals surface area contributed by atoms with Crippen molar-refractivity contribution >= 4 is 46.4 Å². The Balaban J connectivity index is 2.43. The average Bonchev–Trinajstić information content (AvgIpc) is 2.45. The molecule has 1 radical (unpaired) electrons. The minimum absolute atomic E-state index is 0.0690. The zero-order valence-corrected chi connectivity index (χ0v) is 12.1. The van der Waals surface area contributed by atoms with Gasteiger partial charge in [-0.15, -0.1) is 0 Å². The van der Waals surface area contributed by atoms with Gasteiger partial charge in [0.05, 0.1) is 17.6 Å². The van der Waals surface area contributed by atoms with E-state index in [1.165, 1.54) is 4.90 Å². The lowest BCUT2D eigenvalue weighted by molar-refractivity contribution is 0.0786. The van der Waals surface area contributed by atoms with Crippen LogP contribution in [0, 0.1) is 0 Å². The number of nitrogens with zero attached hydrogens (tertiary/aromatic N) is 3. The van der Waals surface area contributed by atoms with Gasteiger partial charge in [-0.25, -0.2) is 9.97 Å².